The van der Waals surface area contributed by atoms with Gasteiger partial charge in [0.25, 0.3) is 0 Å². The summed E-state index contributed by atoms with van der Waals surface area (Å²) < 4.78 is 11.7. The minimum atomic E-state index is -1.60. The highest BCUT2D eigenvalue weighted by Crippen LogP contribution is 2.40. The van der Waals surface area contributed by atoms with Crippen LogP contribution in [-0.4, -0.2) is 75.2 Å². The highest BCUT2D eigenvalue weighted by Gasteiger charge is 2.57. The van der Waals surface area contributed by atoms with Crippen LogP contribution in [0.2, 0.25) is 0 Å². The van der Waals surface area contributed by atoms with Gasteiger partial charge in [-0.05, 0) is 57.4 Å². The average molecular weight is 522 g/mol. The van der Waals surface area contributed by atoms with E-state index in [1.807, 2.05) is 36.4 Å². The van der Waals surface area contributed by atoms with Crippen molar-refractivity contribution in [1.82, 2.24) is 14.8 Å². The summed E-state index contributed by atoms with van der Waals surface area (Å²) in [5.41, 5.74) is -0.206. The first-order chi connectivity index (χ1) is 18.0. The Kier molecular flexibility index (Phi) is 7.76. The number of benzene rings is 1. The van der Waals surface area contributed by atoms with Gasteiger partial charge >= 0.3 is 12.1 Å². The number of likely N-dealkylation sites (tertiary alicyclic amines) is 1. The molecule has 0 radical (unpaired) electrons. The minimum Gasteiger partial charge on any atom is -0.488 e. The second-order valence-corrected chi connectivity index (χ2v) is 11.0. The monoisotopic (exact) mass is 521 g/mol. The third-order valence-electron chi connectivity index (χ3n) is 6.94. The van der Waals surface area contributed by atoms with Crippen molar-refractivity contribution >= 4 is 23.5 Å². The van der Waals surface area contributed by atoms with Crippen molar-refractivity contribution in [1.29, 1.82) is 0 Å². The molecule has 0 spiro atoms. The van der Waals surface area contributed by atoms with E-state index >= 15 is 0 Å². The number of nitrogens with zero attached hydrogens (tertiary/aromatic N) is 3. The fourth-order valence-corrected chi connectivity index (χ4v) is 5.07. The van der Waals surface area contributed by atoms with Crippen LogP contribution in [0.3, 0.4) is 0 Å². The van der Waals surface area contributed by atoms with Gasteiger partial charge in [-0.3, -0.25) is 19.5 Å². The molecule has 0 saturated carbocycles. The first kappa shape index (κ1) is 27.2. The lowest BCUT2D eigenvalue weighted by molar-refractivity contribution is -0.167. The molecule has 202 valence electrons. The molecular formula is C29H35N3O6. The lowest BCUT2D eigenvalue weighted by Gasteiger charge is -2.48. The van der Waals surface area contributed by atoms with E-state index in [1.165, 1.54) is 11.8 Å². The van der Waals surface area contributed by atoms with Crippen molar-refractivity contribution in [2.45, 2.75) is 58.3 Å². The Hall–Kier alpha value is -3.88. The van der Waals surface area contributed by atoms with Gasteiger partial charge in [0, 0.05) is 31.9 Å². The van der Waals surface area contributed by atoms with E-state index in [2.05, 4.69) is 4.98 Å². The van der Waals surface area contributed by atoms with Crippen LogP contribution in [-0.2, 0) is 14.3 Å². The summed E-state index contributed by atoms with van der Waals surface area (Å²) in [5.74, 6) is -1.09. The Bertz CT molecular complexity index is 1190. The first-order valence-electron chi connectivity index (χ1n) is 12.8. The molecule has 0 unspecified atom stereocenters. The molecule has 0 aliphatic carbocycles. The zero-order valence-electron chi connectivity index (χ0n) is 22.3. The molecule has 2 aliphatic heterocycles. The molecule has 2 amide bonds. The predicted molar refractivity (Wildman–Crippen MR) is 141 cm³/mol. The van der Waals surface area contributed by atoms with E-state index in [0.717, 1.165) is 11.1 Å². The van der Waals surface area contributed by atoms with Gasteiger partial charge in [-0.2, -0.15) is 0 Å². The number of aliphatic carboxylic acids is 1. The molecule has 1 fully saturated rings. The molecule has 9 nitrogen and oxygen atoms in total. The molecule has 1 aromatic carbocycles. The van der Waals surface area contributed by atoms with Crippen LogP contribution in [0, 0.1) is 5.41 Å². The fourth-order valence-electron chi connectivity index (χ4n) is 5.07. The predicted octanol–water partition coefficient (Wildman–Crippen LogP) is 4.25. The largest absolute Gasteiger partial charge is 0.488 e. The van der Waals surface area contributed by atoms with Crippen molar-refractivity contribution in [3.63, 3.8) is 0 Å². The van der Waals surface area contributed by atoms with Gasteiger partial charge in [0.05, 0.1) is 12.0 Å². The maximum atomic E-state index is 14.0. The number of ether oxygens (including phenoxy) is 2. The molecule has 38 heavy (non-hydrogen) atoms. The summed E-state index contributed by atoms with van der Waals surface area (Å²) in [7, 11) is 0. The van der Waals surface area contributed by atoms with Crippen LogP contribution in [0.1, 0.15) is 46.1 Å². The molecule has 3 heterocycles. The number of piperidine rings is 1. The third-order valence-corrected chi connectivity index (χ3v) is 6.94. The summed E-state index contributed by atoms with van der Waals surface area (Å²) >= 11 is 0. The van der Waals surface area contributed by atoms with Gasteiger partial charge in [0.1, 0.15) is 23.5 Å². The normalized spacial score (nSPS) is 23.8. The Labute approximate surface area is 223 Å². The second-order valence-electron chi connectivity index (χ2n) is 11.0. The van der Waals surface area contributed by atoms with Gasteiger partial charge in [-0.25, -0.2) is 4.79 Å². The van der Waals surface area contributed by atoms with Crippen LogP contribution in [0.25, 0.3) is 5.57 Å². The van der Waals surface area contributed by atoms with Gasteiger partial charge in [0.15, 0.2) is 0 Å². The molecule has 4 rings (SSSR count). The Morgan fingerprint density at radius 2 is 1.76 bits per heavy atom. The second kappa shape index (κ2) is 10.8. The lowest BCUT2D eigenvalue weighted by atomic mass is 9.73. The number of aromatic nitrogens is 1. The van der Waals surface area contributed by atoms with E-state index in [9.17, 15) is 19.5 Å². The van der Waals surface area contributed by atoms with Crippen LogP contribution in [0.15, 0.2) is 60.9 Å². The average Bonchev–Trinajstić information content (AvgIpc) is 2.88. The summed E-state index contributed by atoms with van der Waals surface area (Å²) in [4.78, 5) is 47.0. The molecular weight excluding hydrogens is 486 g/mol. The van der Waals surface area contributed by atoms with Crippen LogP contribution >= 0.6 is 0 Å². The summed E-state index contributed by atoms with van der Waals surface area (Å²) in [6, 6.07) is 12.0. The van der Waals surface area contributed by atoms with Crippen molar-refractivity contribution < 1.29 is 29.0 Å². The minimum absolute atomic E-state index is 0.00938. The third kappa shape index (κ3) is 5.98. The summed E-state index contributed by atoms with van der Waals surface area (Å²) in [5, 5.41) is 10.4. The Morgan fingerprint density at radius 1 is 1.08 bits per heavy atom. The topological polar surface area (TPSA) is 109 Å². The molecule has 1 saturated heterocycles. The van der Waals surface area contributed by atoms with E-state index < -0.39 is 41.1 Å². The van der Waals surface area contributed by atoms with E-state index in [1.54, 1.807) is 50.2 Å². The van der Waals surface area contributed by atoms with Crippen LogP contribution < -0.4 is 4.74 Å². The van der Waals surface area contributed by atoms with E-state index in [0.29, 0.717) is 25.3 Å². The standard InChI is InChI=1S/C29H35N3O6/c1-28(2,3)38-27(36)32-19-23(37-22-10-14-30-15-11-22)18-29(4,26(34)35)24(32)25(33)31-16-12-21(13-17-31)20-8-6-5-7-9-20/h5-12,14-15,23-24H,13,16-19H2,1-4H3,(H,34,35)/t23-,24+,29-/m0/s1. The van der Waals surface area contributed by atoms with Crippen LogP contribution in [0.4, 0.5) is 4.79 Å². The number of hydrogen-bond acceptors (Lipinski definition) is 6. The van der Waals surface area contributed by atoms with Crippen molar-refractivity contribution in [2.75, 3.05) is 19.6 Å². The quantitative estimate of drug-likeness (QED) is 0.627. The molecule has 3 atom stereocenters. The molecule has 2 aromatic rings. The number of rotatable bonds is 5. The number of hydrogen-bond donors (Lipinski definition) is 1. The van der Waals surface area contributed by atoms with Crippen molar-refractivity contribution in [2.24, 2.45) is 5.41 Å². The number of carboxylic acid groups (broad SMARTS) is 1. The number of pyridine rings is 1. The SMILES string of the molecule is CC(C)(C)OC(=O)N1C[C@@H](Oc2ccncc2)C[C@](C)(C(=O)O)[C@H]1C(=O)N1CC=C(c2ccccc2)CC1. The van der Waals surface area contributed by atoms with Crippen LogP contribution in [0.5, 0.6) is 5.75 Å². The van der Waals surface area contributed by atoms with E-state index in [-0.39, 0.29) is 13.0 Å². The maximum Gasteiger partial charge on any atom is 0.411 e. The Balaban J connectivity index is 1.64. The molecule has 1 aromatic heterocycles. The number of carbonyl (C=O) groups excluding carboxylic acids is 2. The van der Waals surface area contributed by atoms with Gasteiger partial charge < -0.3 is 19.5 Å². The molecule has 9 heteroatoms. The fraction of sp³-hybridized carbons (Fsp3) is 0.448. The van der Waals surface area contributed by atoms with Gasteiger partial charge in [-0.1, -0.05) is 36.4 Å². The highest BCUT2D eigenvalue weighted by atomic mass is 16.6. The maximum absolute atomic E-state index is 14.0. The first-order valence-corrected chi connectivity index (χ1v) is 12.8. The van der Waals surface area contributed by atoms with Gasteiger partial charge in [-0.15, -0.1) is 0 Å². The molecule has 2 aliphatic rings. The molecule has 1 N–H and O–H groups in total. The van der Waals surface area contributed by atoms with Gasteiger partial charge in [0.2, 0.25) is 5.91 Å². The zero-order chi connectivity index (χ0) is 27.5. The van der Waals surface area contributed by atoms with E-state index in [4.69, 9.17) is 9.47 Å². The number of carbonyl (C=O) groups is 3. The summed E-state index contributed by atoms with van der Waals surface area (Å²) in [6.07, 6.45) is 4.39. The summed E-state index contributed by atoms with van der Waals surface area (Å²) in [6.45, 7) is 7.45. The number of carboxylic acids is 1. The lowest BCUT2D eigenvalue weighted by Crippen LogP contribution is -2.67. The van der Waals surface area contributed by atoms with Crippen molar-refractivity contribution in [3.8, 4) is 5.75 Å². The smallest absolute Gasteiger partial charge is 0.411 e. The highest BCUT2D eigenvalue weighted by molar-refractivity contribution is 5.93. The van der Waals surface area contributed by atoms with Crippen molar-refractivity contribution in [3.05, 3.63) is 66.5 Å². The molecule has 0 bridgehead atoms. The zero-order valence-corrected chi connectivity index (χ0v) is 22.3. The Morgan fingerprint density at radius 3 is 2.34 bits per heavy atom. The number of amides is 2.